The second-order valence-corrected chi connectivity index (χ2v) is 4.78. The fourth-order valence-corrected chi connectivity index (χ4v) is 2.22. The van der Waals surface area contributed by atoms with Crippen LogP contribution in [0, 0.1) is 0 Å². The number of carbonyl (C=O) groups is 1. The van der Waals surface area contributed by atoms with Crippen molar-refractivity contribution in [3.05, 3.63) is 35.9 Å². The van der Waals surface area contributed by atoms with Crippen LogP contribution in [0.1, 0.15) is 24.5 Å². The zero-order valence-corrected chi connectivity index (χ0v) is 10.6. The Morgan fingerprint density at radius 1 is 1.44 bits per heavy atom. The molecule has 1 fully saturated rings. The number of esters is 1. The standard InChI is InChI=1S/C14H19NO3/c1-15-9-5-8-12(10-15)18-14(17)13(16)11-6-3-2-4-7-11/h2-4,6-7,12-13,16H,5,8-10H2,1H3/t12-,13-/m1/s1. The van der Waals surface area contributed by atoms with Gasteiger partial charge in [0.05, 0.1) is 0 Å². The van der Waals surface area contributed by atoms with Gasteiger partial charge in [0, 0.05) is 6.54 Å². The Bertz CT molecular complexity index is 393. The molecule has 0 bridgehead atoms. The molecule has 0 aromatic heterocycles. The molecule has 0 saturated carbocycles. The van der Waals surface area contributed by atoms with Crippen LogP contribution in [0.4, 0.5) is 0 Å². The molecule has 1 saturated heterocycles. The normalized spacial score (nSPS) is 22.4. The summed E-state index contributed by atoms with van der Waals surface area (Å²) in [4.78, 5) is 14.0. The SMILES string of the molecule is CN1CCC[C@@H](OC(=O)[C@H](O)c2ccccc2)C1. The first kappa shape index (κ1) is 13.1. The van der Waals surface area contributed by atoms with E-state index in [1.54, 1.807) is 24.3 Å². The van der Waals surface area contributed by atoms with Crippen molar-refractivity contribution in [2.24, 2.45) is 0 Å². The summed E-state index contributed by atoms with van der Waals surface area (Å²) in [6, 6.07) is 8.87. The number of piperidine rings is 1. The molecule has 4 nitrogen and oxygen atoms in total. The maximum atomic E-state index is 11.8. The second-order valence-electron chi connectivity index (χ2n) is 4.78. The minimum absolute atomic E-state index is 0.102. The molecule has 1 aliphatic rings. The van der Waals surface area contributed by atoms with Gasteiger partial charge in [0.15, 0.2) is 6.10 Å². The van der Waals surface area contributed by atoms with E-state index in [2.05, 4.69) is 4.90 Å². The Morgan fingerprint density at radius 2 is 2.17 bits per heavy atom. The molecule has 1 aromatic rings. The first-order chi connectivity index (χ1) is 8.66. The third-order valence-electron chi connectivity index (χ3n) is 3.20. The number of hydrogen-bond acceptors (Lipinski definition) is 4. The third-order valence-corrected chi connectivity index (χ3v) is 3.20. The van der Waals surface area contributed by atoms with Gasteiger partial charge < -0.3 is 14.7 Å². The average molecular weight is 249 g/mol. The smallest absolute Gasteiger partial charge is 0.339 e. The van der Waals surface area contributed by atoms with Crippen LogP contribution in [0.25, 0.3) is 0 Å². The number of nitrogens with zero attached hydrogens (tertiary/aromatic N) is 1. The zero-order chi connectivity index (χ0) is 13.0. The molecule has 0 spiro atoms. The fourth-order valence-electron chi connectivity index (χ4n) is 2.22. The molecule has 98 valence electrons. The van der Waals surface area contributed by atoms with Crippen LogP contribution >= 0.6 is 0 Å². The van der Waals surface area contributed by atoms with Gasteiger partial charge in [-0.25, -0.2) is 4.79 Å². The minimum atomic E-state index is -1.18. The maximum absolute atomic E-state index is 11.8. The van der Waals surface area contributed by atoms with Gasteiger partial charge in [-0.15, -0.1) is 0 Å². The number of ether oxygens (including phenoxy) is 1. The highest BCUT2D eigenvalue weighted by atomic mass is 16.6. The highest BCUT2D eigenvalue weighted by Crippen LogP contribution is 2.18. The van der Waals surface area contributed by atoms with Crippen LogP contribution in [0.15, 0.2) is 30.3 Å². The second kappa shape index (κ2) is 5.98. The number of aliphatic hydroxyl groups excluding tert-OH is 1. The molecule has 0 aliphatic carbocycles. The zero-order valence-electron chi connectivity index (χ0n) is 10.6. The van der Waals surface area contributed by atoms with Crippen molar-refractivity contribution in [1.29, 1.82) is 0 Å². The van der Waals surface area contributed by atoms with E-state index in [1.165, 1.54) is 0 Å². The molecular formula is C14H19NO3. The lowest BCUT2D eigenvalue weighted by Crippen LogP contribution is -2.38. The summed E-state index contributed by atoms with van der Waals surface area (Å²) < 4.78 is 5.35. The first-order valence-electron chi connectivity index (χ1n) is 6.29. The van der Waals surface area contributed by atoms with Gasteiger partial charge in [-0.05, 0) is 32.0 Å². The van der Waals surface area contributed by atoms with E-state index in [0.717, 1.165) is 25.9 Å². The largest absolute Gasteiger partial charge is 0.459 e. The van der Waals surface area contributed by atoms with Crippen LogP contribution < -0.4 is 0 Å². The van der Waals surface area contributed by atoms with E-state index in [4.69, 9.17) is 4.74 Å². The average Bonchev–Trinajstić information content (AvgIpc) is 2.39. The molecule has 1 aliphatic heterocycles. The Morgan fingerprint density at radius 3 is 2.83 bits per heavy atom. The van der Waals surface area contributed by atoms with E-state index < -0.39 is 12.1 Å². The number of aliphatic hydroxyl groups is 1. The highest BCUT2D eigenvalue weighted by molar-refractivity contribution is 5.76. The van der Waals surface area contributed by atoms with E-state index in [9.17, 15) is 9.90 Å². The van der Waals surface area contributed by atoms with E-state index in [0.29, 0.717) is 5.56 Å². The molecule has 0 unspecified atom stereocenters. The summed E-state index contributed by atoms with van der Waals surface area (Å²) in [5.41, 5.74) is 0.576. The molecule has 2 rings (SSSR count). The van der Waals surface area contributed by atoms with Crippen LogP contribution in [0.2, 0.25) is 0 Å². The van der Waals surface area contributed by atoms with Crippen LogP contribution in [-0.4, -0.2) is 42.2 Å². The number of likely N-dealkylation sites (N-methyl/N-ethyl adjacent to an activating group) is 1. The van der Waals surface area contributed by atoms with Crippen molar-refractivity contribution in [3.63, 3.8) is 0 Å². The van der Waals surface area contributed by atoms with E-state index in [1.807, 2.05) is 13.1 Å². The Balaban J connectivity index is 1.91. The van der Waals surface area contributed by atoms with Gasteiger partial charge in [-0.3, -0.25) is 0 Å². The van der Waals surface area contributed by atoms with Gasteiger partial charge in [-0.1, -0.05) is 30.3 Å². The maximum Gasteiger partial charge on any atom is 0.339 e. The van der Waals surface area contributed by atoms with Gasteiger partial charge in [0.25, 0.3) is 0 Å². The highest BCUT2D eigenvalue weighted by Gasteiger charge is 2.25. The Kier molecular flexibility index (Phi) is 4.33. The molecule has 2 atom stereocenters. The van der Waals surface area contributed by atoms with Crippen LogP contribution in [0.5, 0.6) is 0 Å². The lowest BCUT2D eigenvalue weighted by atomic mass is 10.1. The number of benzene rings is 1. The first-order valence-corrected chi connectivity index (χ1v) is 6.29. The minimum Gasteiger partial charge on any atom is -0.459 e. The van der Waals surface area contributed by atoms with Gasteiger partial charge in [0.1, 0.15) is 6.10 Å². The monoisotopic (exact) mass is 249 g/mol. The van der Waals surface area contributed by atoms with Gasteiger partial charge in [-0.2, -0.15) is 0 Å². The Labute approximate surface area is 107 Å². The summed E-state index contributed by atoms with van der Waals surface area (Å²) in [5.74, 6) is -0.554. The molecule has 0 amide bonds. The van der Waals surface area contributed by atoms with Gasteiger partial charge >= 0.3 is 5.97 Å². The van der Waals surface area contributed by atoms with Gasteiger partial charge in [0.2, 0.25) is 0 Å². The van der Waals surface area contributed by atoms with Crippen molar-refractivity contribution in [2.75, 3.05) is 20.1 Å². The number of rotatable bonds is 3. The van der Waals surface area contributed by atoms with Crippen molar-refractivity contribution in [2.45, 2.75) is 25.0 Å². The number of likely N-dealkylation sites (tertiary alicyclic amines) is 1. The van der Waals surface area contributed by atoms with E-state index >= 15 is 0 Å². The Hall–Kier alpha value is -1.39. The summed E-state index contributed by atoms with van der Waals surface area (Å²) in [6.45, 7) is 1.78. The van der Waals surface area contributed by atoms with Crippen molar-refractivity contribution < 1.29 is 14.6 Å². The summed E-state index contributed by atoms with van der Waals surface area (Å²) in [7, 11) is 2.01. The van der Waals surface area contributed by atoms with Crippen LogP contribution in [-0.2, 0) is 9.53 Å². The fraction of sp³-hybridized carbons (Fsp3) is 0.500. The third kappa shape index (κ3) is 3.31. The molecule has 18 heavy (non-hydrogen) atoms. The quantitative estimate of drug-likeness (QED) is 0.822. The molecule has 1 aromatic carbocycles. The summed E-state index contributed by atoms with van der Waals surface area (Å²) in [6.07, 6.45) is 0.612. The lowest BCUT2D eigenvalue weighted by Gasteiger charge is -2.29. The molecule has 1 heterocycles. The molecule has 0 radical (unpaired) electrons. The van der Waals surface area contributed by atoms with Crippen molar-refractivity contribution in [3.8, 4) is 0 Å². The topological polar surface area (TPSA) is 49.8 Å². The van der Waals surface area contributed by atoms with Crippen molar-refractivity contribution >= 4 is 5.97 Å². The number of hydrogen-bond donors (Lipinski definition) is 1. The molecule has 4 heteroatoms. The summed E-state index contributed by atoms with van der Waals surface area (Å²) in [5, 5.41) is 9.90. The van der Waals surface area contributed by atoms with Crippen molar-refractivity contribution in [1.82, 2.24) is 4.90 Å². The predicted molar refractivity (Wildman–Crippen MR) is 68.0 cm³/mol. The molecular weight excluding hydrogens is 230 g/mol. The van der Waals surface area contributed by atoms with E-state index in [-0.39, 0.29) is 6.10 Å². The lowest BCUT2D eigenvalue weighted by molar-refractivity contribution is -0.161. The van der Waals surface area contributed by atoms with Crippen LogP contribution in [0.3, 0.4) is 0 Å². The number of carbonyl (C=O) groups excluding carboxylic acids is 1. The summed E-state index contributed by atoms with van der Waals surface area (Å²) >= 11 is 0. The molecule has 1 N–H and O–H groups in total. The predicted octanol–water partition coefficient (Wildman–Crippen LogP) is 1.36.